The van der Waals surface area contributed by atoms with Gasteiger partial charge in [0.2, 0.25) is 0 Å². The molecule has 1 atom stereocenters. The lowest BCUT2D eigenvalue weighted by Crippen LogP contribution is -2.30. The fourth-order valence-electron chi connectivity index (χ4n) is 1.44. The van der Waals surface area contributed by atoms with Crippen molar-refractivity contribution in [2.45, 2.75) is 19.5 Å². The second kappa shape index (κ2) is 6.27. The Morgan fingerprint density at radius 2 is 2.38 bits per heavy atom. The molecule has 90 valence electrons. The molecule has 0 amide bonds. The molecule has 0 bridgehead atoms. The van der Waals surface area contributed by atoms with Gasteiger partial charge in [-0.15, -0.1) is 11.3 Å². The number of carbonyl (C=O) groups is 1. The molecule has 3 nitrogen and oxygen atoms in total. The van der Waals surface area contributed by atoms with Crippen LogP contribution in [0.2, 0.25) is 0 Å². The Hall–Kier alpha value is -0.520. The van der Waals surface area contributed by atoms with Crippen molar-refractivity contribution in [3.63, 3.8) is 0 Å². The summed E-state index contributed by atoms with van der Waals surface area (Å²) < 4.78 is 0. The first-order valence-electron chi connectivity index (χ1n) is 5.05. The van der Waals surface area contributed by atoms with E-state index >= 15 is 0 Å². The van der Waals surface area contributed by atoms with E-state index in [2.05, 4.69) is 18.1 Å². The Bertz CT molecular complexity index is 352. The Labute approximate surface area is 104 Å². The zero-order valence-electron chi connectivity index (χ0n) is 9.77. The summed E-state index contributed by atoms with van der Waals surface area (Å²) in [6.45, 7) is 2.86. The lowest BCUT2D eigenvalue weighted by atomic mass is 10.2. The summed E-state index contributed by atoms with van der Waals surface area (Å²) in [6.07, 6.45) is 2.08. The Kier molecular flexibility index (Phi) is 5.31. The molecule has 0 fully saturated rings. The number of aromatic carboxylic acids is 1. The van der Waals surface area contributed by atoms with Crippen molar-refractivity contribution in [1.82, 2.24) is 4.90 Å². The minimum Gasteiger partial charge on any atom is -0.477 e. The van der Waals surface area contributed by atoms with Crippen molar-refractivity contribution in [1.29, 1.82) is 0 Å². The maximum absolute atomic E-state index is 10.9. The smallest absolute Gasteiger partial charge is 0.346 e. The van der Waals surface area contributed by atoms with E-state index in [1.165, 1.54) is 11.3 Å². The van der Waals surface area contributed by atoms with E-state index in [1.807, 2.05) is 18.5 Å². The molecular weight excluding hydrogens is 242 g/mol. The van der Waals surface area contributed by atoms with E-state index in [-0.39, 0.29) is 0 Å². The van der Waals surface area contributed by atoms with E-state index in [0.717, 1.165) is 11.3 Å². The quantitative estimate of drug-likeness (QED) is 0.852. The fraction of sp³-hybridized carbons (Fsp3) is 0.545. The largest absolute Gasteiger partial charge is 0.477 e. The van der Waals surface area contributed by atoms with Crippen molar-refractivity contribution in [2.24, 2.45) is 0 Å². The topological polar surface area (TPSA) is 40.5 Å². The van der Waals surface area contributed by atoms with Gasteiger partial charge in [0.1, 0.15) is 4.88 Å². The number of rotatable bonds is 6. The van der Waals surface area contributed by atoms with Gasteiger partial charge in [0, 0.05) is 18.3 Å². The number of hydrogen-bond donors (Lipinski definition) is 1. The minimum atomic E-state index is -0.823. The van der Waals surface area contributed by atoms with Gasteiger partial charge in [-0.1, -0.05) is 0 Å². The molecule has 0 aliphatic heterocycles. The van der Waals surface area contributed by atoms with Gasteiger partial charge in [-0.2, -0.15) is 11.8 Å². The van der Waals surface area contributed by atoms with Crippen molar-refractivity contribution in [3.8, 4) is 0 Å². The van der Waals surface area contributed by atoms with Crippen LogP contribution >= 0.6 is 23.1 Å². The second-order valence-corrected chi connectivity index (χ2v) is 5.63. The molecule has 0 aromatic carbocycles. The van der Waals surface area contributed by atoms with Crippen molar-refractivity contribution < 1.29 is 9.90 Å². The summed E-state index contributed by atoms with van der Waals surface area (Å²) in [5.41, 5.74) is 0.910. The summed E-state index contributed by atoms with van der Waals surface area (Å²) in [7, 11) is 2.03. The monoisotopic (exact) mass is 259 g/mol. The molecule has 1 N–H and O–H groups in total. The van der Waals surface area contributed by atoms with E-state index in [0.29, 0.717) is 17.5 Å². The van der Waals surface area contributed by atoms with Crippen LogP contribution in [-0.4, -0.2) is 41.1 Å². The lowest BCUT2D eigenvalue weighted by Gasteiger charge is -2.23. The van der Waals surface area contributed by atoms with Crippen LogP contribution in [0.25, 0.3) is 0 Å². The third-order valence-corrected chi connectivity index (χ3v) is 4.28. The predicted octanol–water partition coefficient (Wildman–Crippen LogP) is 2.63. The van der Waals surface area contributed by atoms with Crippen LogP contribution in [-0.2, 0) is 6.54 Å². The molecule has 1 rings (SSSR count). The highest BCUT2D eigenvalue weighted by Gasteiger charge is 2.15. The number of hydrogen-bond acceptors (Lipinski definition) is 4. The number of carboxylic acid groups (broad SMARTS) is 1. The average Bonchev–Trinajstić information content (AvgIpc) is 2.66. The molecule has 1 heterocycles. The first-order chi connectivity index (χ1) is 7.56. The molecule has 0 aliphatic carbocycles. The van der Waals surface area contributed by atoms with Gasteiger partial charge >= 0.3 is 5.97 Å². The van der Waals surface area contributed by atoms with Crippen molar-refractivity contribution in [2.75, 3.05) is 19.1 Å². The van der Waals surface area contributed by atoms with E-state index in [4.69, 9.17) is 5.11 Å². The zero-order valence-corrected chi connectivity index (χ0v) is 11.4. The van der Waals surface area contributed by atoms with Crippen LogP contribution in [0.1, 0.15) is 22.2 Å². The molecule has 5 heteroatoms. The molecule has 0 saturated heterocycles. The third-order valence-electron chi connectivity index (χ3n) is 2.52. The first kappa shape index (κ1) is 13.5. The highest BCUT2D eigenvalue weighted by Crippen LogP contribution is 2.19. The SMILES string of the molecule is CSCC(C)N(C)Cc1ccsc1C(=O)O. The second-order valence-electron chi connectivity index (χ2n) is 3.80. The molecule has 1 aromatic rings. The summed E-state index contributed by atoms with van der Waals surface area (Å²) >= 11 is 3.10. The first-order valence-corrected chi connectivity index (χ1v) is 7.32. The van der Waals surface area contributed by atoms with E-state index in [9.17, 15) is 4.79 Å². The molecule has 1 unspecified atom stereocenters. The molecule has 1 aromatic heterocycles. The van der Waals surface area contributed by atoms with Gasteiger partial charge in [0.25, 0.3) is 0 Å². The van der Waals surface area contributed by atoms with E-state index in [1.54, 1.807) is 11.8 Å². The maximum Gasteiger partial charge on any atom is 0.346 e. The normalized spacial score (nSPS) is 13.0. The van der Waals surface area contributed by atoms with E-state index < -0.39 is 5.97 Å². The van der Waals surface area contributed by atoms with Crippen molar-refractivity contribution in [3.05, 3.63) is 21.9 Å². The van der Waals surface area contributed by atoms with Crippen LogP contribution < -0.4 is 0 Å². The van der Waals surface area contributed by atoms with Gasteiger partial charge in [-0.25, -0.2) is 4.79 Å². The standard InChI is InChI=1S/C11H17NO2S2/c1-8(7-15-3)12(2)6-9-4-5-16-10(9)11(13)14/h4-5,8H,6-7H2,1-3H3,(H,13,14). The molecular formula is C11H17NO2S2. The summed E-state index contributed by atoms with van der Waals surface area (Å²) in [6, 6.07) is 2.35. The van der Waals surface area contributed by atoms with Crippen LogP contribution in [0.4, 0.5) is 0 Å². The van der Waals surface area contributed by atoms with Crippen molar-refractivity contribution >= 4 is 29.1 Å². The third kappa shape index (κ3) is 3.50. The number of thiophene rings is 1. The Balaban J connectivity index is 2.65. The molecule has 0 aliphatic rings. The van der Waals surface area contributed by atoms with Crippen LogP contribution in [0.3, 0.4) is 0 Å². The van der Waals surface area contributed by atoms with Crippen LogP contribution in [0, 0.1) is 0 Å². The predicted molar refractivity (Wildman–Crippen MR) is 70.6 cm³/mol. The van der Waals surface area contributed by atoms with Gasteiger partial charge < -0.3 is 5.11 Å². The summed E-state index contributed by atoms with van der Waals surface area (Å²) in [5.74, 6) is 0.235. The van der Waals surface area contributed by atoms with Crippen LogP contribution in [0.5, 0.6) is 0 Å². The van der Waals surface area contributed by atoms with Gasteiger partial charge in [0.15, 0.2) is 0 Å². The van der Waals surface area contributed by atoms with Gasteiger partial charge in [0.05, 0.1) is 0 Å². The van der Waals surface area contributed by atoms with Gasteiger partial charge in [-0.05, 0) is 37.2 Å². The molecule has 0 spiro atoms. The van der Waals surface area contributed by atoms with Crippen LogP contribution in [0.15, 0.2) is 11.4 Å². The number of nitrogens with zero attached hydrogens (tertiary/aromatic N) is 1. The fourth-order valence-corrected chi connectivity index (χ4v) is 2.93. The minimum absolute atomic E-state index is 0.455. The summed E-state index contributed by atoms with van der Waals surface area (Å²) in [5, 5.41) is 10.8. The highest BCUT2D eigenvalue weighted by atomic mass is 32.2. The number of thioether (sulfide) groups is 1. The summed E-state index contributed by atoms with van der Waals surface area (Å²) in [4.78, 5) is 13.6. The number of carboxylic acids is 1. The highest BCUT2D eigenvalue weighted by molar-refractivity contribution is 7.98. The molecule has 16 heavy (non-hydrogen) atoms. The Morgan fingerprint density at radius 1 is 1.69 bits per heavy atom. The lowest BCUT2D eigenvalue weighted by molar-refractivity contribution is 0.0700. The zero-order chi connectivity index (χ0) is 12.1. The Morgan fingerprint density at radius 3 is 2.94 bits per heavy atom. The molecule has 0 radical (unpaired) electrons. The maximum atomic E-state index is 10.9. The average molecular weight is 259 g/mol. The van der Waals surface area contributed by atoms with Gasteiger partial charge in [-0.3, -0.25) is 4.90 Å². The molecule has 0 saturated carbocycles.